The Kier molecular flexibility index (Phi) is 7.79. The largest absolute Gasteiger partial charge is 0.465 e. The van der Waals surface area contributed by atoms with Crippen molar-refractivity contribution in [3.8, 4) is 0 Å². The van der Waals surface area contributed by atoms with E-state index in [1.165, 1.54) is 31.4 Å². The summed E-state index contributed by atoms with van der Waals surface area (Å²) < 4.78 is 4.61. The maximum absolute atomic E-state index is 12.2. The van der Waals surface area contributed by atoms with E-state index >= 15 is 0 Å². The summed E-state index contributed by atoms with van der Waals surface area (Å²) in [4.78, 5) is 49.5. The zero-order valence-corrected chi connectivity index (χ0v) is 17.9. The highest BCUT2D eigenvalue weighted by molar-refractivity contribution is 6.39. The van der Waals surface area contributed by atoms with E-state index in [1.807, 2.05) is 20.8 Å². The van der Waals surface area contributed by atoms with Gasteiger partial charge in [-0.15, -0.1) is 0 Å². The lowest BCUT2D eigenvalue weighted by Gasteiger charge is -2.34. The van der Waals surface area contributed by atoms with Gasteiger partial charge in [0.15, 0.2) is 0 Å². The molecule has 0 radical (unpaired) electrons. The van der Waals surface area contributed by atoms with Crippen LogP contribution in [0.5, 0.6) is 0 Å². The second kappa shape index (κ2) is 10.1. The fourth-order valence-corrected chi connectivity index (χ4v) is 3.05. The molecule has 1 saturated heterocycles. The Hall–Kier alpha value is -3.10. The standard InChI is InChI=1S/C21H30N4O5/c1-21(2,3)24-20(29)25-11-9-14(10-12-25)13-22-17(26)18(27)23-16-7-5-15(6-8-16)19(28)30-4/h5-8,14H,9-13H2,1-4H3,(H,22,26)(H,23,27)(H,24,29). The second-order valence-corrected chi connectivity index (χ2v) is 8.34. The van der Waals surface area contributed by atoms with Crippen molar-refractivity contribution in [2.45, 2.75) is 39.2 Å². The summed E-state index contributed by atoms with van der Waals surface area (Å²) in [6.07, 6.45) is 1.52. The molecule has 0 aliphatic carbocycles. The zero-order chi connectivity index (χ0) is 22.3. The van der Waals surface area contributed by atoms with Crippen LogP contribution in [-0.4, -0.2) is 61.0 Å². The van der Waals surface area contributed by atoms with Crippen LogP contribution in [0.2, 0.25) is 0 Å². The summed E-state index contributed by atoms with van der Waals surface area (Å²) in [7, 11) is 1.28. The van der Waals surface area contributed by atoms with E-state index in [4.69, 9.17) is 0 Å². The molecule has 3 N–H and O–H groups in total. The maximum Gasteiger partial charge on any atom is 0.337 e. The minimum Gasteiger partial charge on any atom is -0.465 e. The summed E-state index contributed by atoms with van der Waals surface area (Å²) in [6, 6.07) is 5.97. The third-order valence-corrected chi connectivity index (χ3v) is 4.71. The summed E-state index contributed by atoms with van der Waals surface area (Å²) in [6.45, 7) is 7.41. The molecule has 9 heteroatoms. The molecule has 0 atom stereocenters. The number of methoxy groups -OCH3 is 1. The quantitative estimate of drug-likeness (QED) is 0.509. The molecule has 4 amide bonds. The summed E-state index contributed by atoms with van der Waals surface area (Å²) in [5.74, 6) is -1.77. The van der Waals surface area contributed by atoms with E-state index in [0.717, 1.165) is 12.8 Å². The number of hydrogen-bond donors (Lipinski definition) is 3. The number of carbonyl (C=O) groups is 4. The molecular weight excluding hydrogens is 388 g/mol. The molecule has 0 saturated carbocycles. The van der Waals surface area contributed by atoms with Crippen LogP contribution in [0.15, 0.2) is 24.3 Å². The van der Waals surface area contributed by atoms with Crippen molar-refractivity contribution in [2.75, 3.05) is 32.1 Å². The highest BCUT2D eigenvalue weighted by Crippen LogP contribution is 2.17. The predicted octanol–water partition coefficient (Wildman–Crippen LogP) is 1.75. The normalized spacial score (nSPS) is 14.6. The van der Waals surface area contributed by atoms with E-state index in [2.05, 4.69) is 20.7 Å². The molecule has 1 heterocycles. The Bertz CT molecular complexity index is 778. The van der Waals surface area contributed by atoms with Crippen molar-refractivity contribution >= 4 is 29.5 Å². The first-order valence-electron chi connectivity index (χ1n) is 9.93. The van der Waals surface area contributed by atoms with Gasteiger partial charge in [0, 0.05) is 30.9 Å². The van der Waals surface area contributed by atoms with E-state index in [-0.39, 0.29) is 17.5 Å². The third kappa shape index (κ3) is 7.06. The first-order valence-corrected chi connectivity index (χ1v) is 9.93. The molecule has 1 aliphatic heterocycles. The van der Waals surface area contributed by atoms with Crippen LogP contribution in [0.25, 0.3) is 0 Å². The number of rotatable bonds is 4. The van der Waals surface area contributed by atoms with Gasteiger partial charge >= 0.3 is 23.8 Å². The SMILES string of the molecule is COC(=O)c1ccc(NC(=O)C(=O)NCC2CCN(C(=O)NC(C)(C)C)CC2)cc1. The molecule has 0 unspecified atom stereocenters. The maximum atomic E-state index is 12.2. The number of nitrogens with one attached hydrogen (secondary N) is 3. The third-order valence-electron chi connectivity index (χ3n) is 4.71. The fraction of sp³-hybridized carbons (Fsp3) is 0.524. The molecule has 1 fully saturated rings. The Morgan fingerprint density at radius 3 is 2.17 bits per heavy atom. The number of hydrogen-bond acceptors (Lipinski definition) is 5. The average Bonchev–Trinajstić information content (AvgIpc) is 2.71. The van der Waals surface area contributed by atoms with Crippen molar-refractivity contribution < 1.29 is 23.9 Å². The highest BCUT2D eigenvalue weighted by Gasteiger charge is 2.26. The fourth-order valence-electron chi connectivity index (χ4n) is 3.05. The average molecular weight is 418 g/mol. The molecule has 1 aliphatic rings. The number of urea groups is 1. The Morgan fingerprint density at radius 2 is 1.63 bits per heavy atom. The van der Waals surface area contributed by atoms with E-state index in [9.17, 15) is 19.2 Å². The molecule has 9 nitrogen and oxygen atoms in total. The lowest BCUT2D eigenvalue weighted by molar-refractivity contribution is -0.136. The molecule has 30 heavy (non-hydrogen) atoms. The van der Waals surface area contributed by atoms with Gasteiger partial charge in [0.25, 0.3) is 0 Å². The number of piperidine rings is 1. The molecule has 1 aromatic rings. The topological polar surface area (TPSA) is 117 Å². The monoisotopic (exact) mass is 418 g/mol. The number of nitrogens with zero attached hydrogens (tertiary/aromatic N) is 1. The van der Waals surface area contributed by atoms with Crippen molar-refractivity contribution in [1.82, 2.24) is 15.5 Å². The Balaban J connectivity index is 1.73. The Morgan fingerprint density at radius 1 is 1.03 bits per heavy atom. The number of benzene rings is 1. The lowest BCUT2D eigenvalue weighted by atomic mass is 9.97. The summed E-state index contributed by atoms with van der Waals surface area (Å²) >= 11 is 0. The Labute approximate surface area is 176 Å². The van der Waals surface area contributed by atoms with Crippen LogP contribution in [0.1, 0.15) is 44.0 Å². The van der Waals surface area contributed by atoms with Gasteiger partial charge in [-0.3, -0.25) is 9.59 Å². The van der Waals surface area contributed by atoms with E-state index in [1.54, 1.807) is 4.90 Å². The van der Waals surface area contributed by atoms with Gasteiger partial charge in [-0.05, 0) is 63.8 Å². The lowest BCUT2D eigenvalue weighted by Crippen LogP contribution is -2.51. The van der Waals surface area contributed by atoms with Crippen molar-refractivity contribution in [2.24, 2.45) is 5.92 Å². The number of esters is 1. The first-order chi connectivity index (χ1) is 14.1. The minimum absolute atomic E-state index is 0.0809. The molecule has 1 aromatic carbocycles. The van der Waals surface area contributed by atoms with Crippen molar-refractivity contribution in [3.63, 3.8) is 0 Å². The molecular formula is C21H30N4O5. The minimum atomic E-state index is -0.775. The number of ether oxygens (including phenoxy) is 1. The summed E-state index contributed by atoms with van der Waals surface area (Å²) in [5.41, 5.74) is 0.470. The number of likely N-dealkylation sites (tertiary alicyclic amines) is 1. The molecule has 2 rings (SSSR count). The van der Waals surface area contributed by atoms with Gasteiger partial charge in [-0.2, -0.15) is 0 Å². The molecule has 0 aromatic heterocycles. The zero-order valence-electron chi connectivity index (χ0n) is 17.9. The van der Waals surface area contributed by atoms with Crippen LogP contribution in [0, 0.1) is 5.92 Å². The highest BCUT2D eigenvalue weighted by atomic mass is 16.5. The van der Waals surface area contributed by atoms with Crippen molar-refractivity contribution in [1.29, 1.82) is 0 Å². The van der Waals surface area contributed by atoms with Crippen LogP contribution in [-0.2, 0) is 14.3 Å². The second-order valence-electron chi connectivity index (χ2n) is 8.34. The van der Waals surface area contributed by atoms with Gasteiger partial charge in [0.1, 0.15) is 0 Å². The van der Waals surface area contributed by atoms with E-state index < -0.39 is 17.8 Å². The summed E-state index contributed by atoms with van der Waals surface area (Å²) in [5, 5.41) is 8.09. The molecule has 0 spiro atoms. The van der Waals surface area contributed by atoms with Gasteiger partial charge < -0.3 is 25.6 Å². The number of anilines is 1. The first kappa shape index (κ1) is 23.2. The predicted molar refractivity (Wildman–Crippen MR) is 112 cm³/mol. The molecule has 164 valence electrons. The number of amides is 4. The smallest absolute Gasteiger partial charge is 0.337 e. The number of carbonyl (C=O) groups excluding carboxylic acids is 4. The van der Waals surface area contributed by atoms with Crippen molar-refractivity contribution in [3.05, 3.63) is 29.8 Å². The van der Waals surface area contributed by atoms with Crippen LogP contribution in [0.4, 0.5) is 10.5 Å². The van der Waals surface area contributed by atoms with Gasteiger partial charge in [-0.25, -0.2) is 9.59 Å². The van der Waals surface area contributed by atoms with E-state index in [0.29, 0.717) is 30.9 Å². The van der Waals surface area contributed by atoms with Gasteiger partial charge in [0.2, 0.25) is 0 Å². The van der Waals surface area contributed by atoms with Crippen LogP contribution in [0.3, 0.4) is 0 Å². The van der Waals surface area contributed by atoms with Crippen LogP contribution < -0.4 is 16.0 Å². The van der Waals surface area contributed by atoms with Gasteiger partial charge in [-0.1, -0.05) is 0 Å². The van der Waals surface area contributed by atoms with Crippen LogP contribution >= 0.6 is 0 Å². The van der Waals surface area contributed by atoms with Gasteiger partial charge in [0.05, 0.1) is 12.7 Å². The molecule has 0 bridgehead atoms.